The quantitative estimate of drug-likeness (QED) is 0.737. The Morgan fingerprint density at radius 1 is 1.64 bits per heavy atom. The molecule has 1 aromatic rings. The lowest BCUT2D eigenvalue weighted by Gasteiger charge is -2.22. The van der Waals surface area contributed by atoms with Crippen molar-refractivity contribution in [3.05, 3.63) is 29.6 Å². The third-order valence-corrected chi connectivity index (χ3v) is 4.05. The Labute approximate surface area is 90.3 Å². The van der Waals surface area contributed by atoms with Gasteiger partial charge in [0, 0.05) is 11.9 Å². The van der Waals surface area contributed by atoms with E-state index in [0.29, 0.717) is 5.92 Å². The van der Waals surface area contributed by atoms with Gasteiger partial charge in [-0.3, -0.25) is 4.98 Å². The van der Waals surface area contributed by atoms with Gasteiger partial charge in [-0.05, 0) is 48.1 Å². The molecule has 0 saturated carbocycles. The molecule has 2 heteroatoms. The highest BCUT2D eigenvalue weighted by atomic mass is 32.2. The van der Waals surface area contributed by atoms with Crippen LogP contribution in [0.1, 0.15) is 36.8 Å². The molecule has 1 fully saturated rings. The van der Waals surface area contributed by atoms with Crippen molar-refractivity contribution < 1.29 is 0 Å². The second-order valence-electron chi connectivity index (χ2n) is 3.76. The van der Waals surface area contributed by atoms with Crippen LogP contribution in [0.5, 0.6) is 0 Å². The largest absolute Gasteiger partial charge is 0.254 e. The van der Waals surface area contributed by atoms with Gasteiger partial charge in [0.15, 0.2) is 0 Å². The van der Waals surface area contributed by atoms with Crippen molar-refractivity contribution in [3.63, 3.8) is 0 Å². The van der Waals surface area contributed by atoms with E-state index in [4.69, 9.17) is 0 Å². The molecule has 0 bridgehead atoms. The fourth-order valence-electron chi connectivity index (χ4n) is 2.03. The molecule has 1 nitrogen and oxygen atoms in total. The van der Waals surface area contributed by atoms with Crippen molar-refractivity contribution in [2.75, 3.05) is 11.5 Å². The van der Waals surface area contributed by atoms with E-state index in [1.807, 2.05) is 6.20 Å². The molecule has 2 rings (SSSR count). The number of hydrogen-bond donors (Lipinski definition) is 0. The lowest BCUT2D eigenvalue weighted by atomic mass is 9.92. The number of nitrogens with zero attached hydrogens (tertiary/aromatic N) is 1. The molecule has 1 aliphatic rings. The van der Waals surface area contributed by atoms with Gasteiger partial charge < -0.3 is 0 Å². The fraction of sp³-hybridized carbons (Fsp3) is 0.583. The summed E-state index contributed by atoms with van der Waals surface area (Å²) in [6.45, 7) is 2.21. The first kappa shape index (κ1) is 10.0. The predicted molar refractivity (Wildman–Crippen MR) is 61.8 cm³/mol. The first-order chi connectivity index (χ1) is 6.92. The van der Waals surface area contributed by atoms with Crippen LogP contribution in [0, 0.1) is 6.20 Å². The van der Waals surface area contributed by atoms with Gasteiger partial charge in [0.25, 0.3) is 0 Å². The summed E-state index contributed by atoms with van der Waals surface area (Å²) in [7, 11) is 0. The Morgan fingerprint density at radius 3 is 3.29 bits per heavy atom. The molecule has 1 aliphatic heterocycles. The van der Waals surface area contributed by atoms with Crippen molar-refractivity contribution in [2.45, 2.75) is 32.1 Å². The average Bonchev–Trinajstić information content (AvgIpc) is 2.30. The molecule has 0 N–H and O–H groups in total. The molecule has 75 valence electrons. The van der Waals surface area contributed by atoms with Gasteiger partial charge in [-0.15, -0.1) is 0 Å². The molecule has 14 heavy (non-hydrogen) atoms. The van der Waals surface area contributed by atoms with Crippen molar-refractivity contribution in [3.8, 4) is 0 Å². The molecular weight excluding hydrogens is 190 g/mol. The number of pyridine rings is 1. The van der Waals surface area contributed by atoms with Gasteiger partial charge in [0.2, 0.25) is 0 Å². The maximum atomic E-state index is 4.13. The van der Waals surface area contributed by atoms with Crippen molar-refractivity contribution >= 4 is 11.8 Å². The lowest BCUT2D eigenvalue weighted by Crippen LogP contribution is -2.11. The van der Waals surface area contributed by atoms with Crippen molar-refractivity contribution in [1.29, 1.82) is 0 Å². The SMILES string of the molecule is CCc1ccn[c]c1C1CCCSC1. The Kier molecular flexibility index (Phi) is 3.46. The monoisotopic (exact) mass is 206 g/mol. The minimum absolute atomic E-state index is 0.706. The molecule has 2 heterocycles. The smallest absolute Gasteiger partial charge is 0.0926 e. The maximum Gasteiger partial charge on any atom is 0.0926 e. The summed E-state index contributed by atoms with van der Waals surface area (Å²) in [6.07, 6.45) is 8.83. The molecule has 1 atom stereocenters. The number of rotatable bonds is 2. The minimum atomic E-state index is 0.706. The molecule has 1 saturated heterocycles. The summed E-state index contributed by atoms with van der Waals surface area (Å²) in [4.78, 5) is 4.13. The third kappa shape index (κ3) is 2.11. The summed E-state index contributed by atoms with van der Waals surface area (Å²) in [5.41, 5.74) is 2.81. The molecule has 1 aromatic heterocycles. The molecule has 1 unspecified atom stereocenters. The van der Waals surface area contributed by atoms with Crippen molar-refractivity contribution in [1.82, 2.24) is 4.98 Å². The molecule has 0 aliphatic carbocycles. The second kappa shape index (κ2) is 4.83. The highest BCUT2D eigenvalue weighted by molar-refractivity contribution is 7.99. The van der Waals surface area contributed by atoms with Crippen LogP contribution in [-0.4, -0.2) is 16.5 Å². The maximum absolute atomic E-state index is 4.13. The number of aryl methyl sites for hydroxylation is 1. The van der Waals surface area contributed by atoms with E-state index >= 15 is 0 Å². The normalized spacial score (nSPS) is 22.2. The summed E-state index contributed by atoms with van der Waals surface area (Å²) >= 11 is 2.07. The van der Waals surface area contributed by atoms with E-state index in [1.54, 1.807) is 0 Å². The lowest BCUT2D eigenvalue weighted by molar-refractivity contribution is 0.650. The first-order valence-electron chi connectivity index (χ1n) is 5.35. The van der Waals surface area contributed by atoms with Crippen LogP contribution >= 0.6 is 11.8 Å². The highest BCUT2D eigenvalue weighted by Gasteiger charge is 2.18. The highest BCUT2D eigenvalue weighted by Crippen LogP contribution is 2.32. The van der Waals surface area contributed by atoms with Gasteiger partial charge in [-0.1, -0.05) is 6.92 Å². The summed E-state index contributed by atoms with van der Waals surface area (Å²) in [5, 5.41) is 0. The minimum Gasteiger partial charge on any atom is -0.254 e. The fourth-order valence-corrected chi connectivity index (χ4v) is 3.18. The Bertz CT molecular complexity index is 292. The summed E-state index contributed by atoms with van der Waals surface area (Å²) < 4.78 is 0. The number of aromatic nitrogens is 1. The predicted octanol–water partition coefficient (Wildman–Crippen LogP) is 3.05. The standard InChI is InChI=1S/C12H16NS/c1-2-10-5-6-13-8-12(10)11-4-3-7-14-9-11/h5-6,11H,2-4,7,9H2,1H3. The van der Waals surface area contributed by atoms with E-state index < -0.39 is 0 Å². The van der Waals surface area contributed by atoms with Crippen LogP contribution in [0.3, 0.4) is 0 Å². The zero-order chi connectivity index (χ0) is 9.80. The van der Waals surface area contributed by atoms with Crippen LogP contribution in [-0.2, 0) is 6.42 Å². The molecular formula is C12H16NS. The van der Waals surface area contributed by atoms with Gasteiger partial charge >= 0.3 is 0 Å². The molecule has 0 spiro atoms. The van der Waals surface area contributed by atoms with Crippen LogP contribution < -0.4 is 0 Å². The number of thioether (sulfide) groups is 1. The van der Waals surface area contributed by atoms with Crippen LogP contribution in [0.15, 0.2) is 12.3 Å². The Balaban J connectivity index is 2.20. The number of hydrogen-bond acceptors (Lipinski definition) is 2. The molecule has 1 radical (unpaired) electrons. The second-order valence-corrected chi connectivity index (χ2v) is 4.91. The van der Waals surface area contributed by atoms with Gasteiger partial charge in [-0.2, -0.15) is 11.8 Å². The van der Waals surface area contributed by atoms with E-state index in [0.717, 1.165) is 6.42 Å². The van der Waals surface area contributed by atoms with E-state index in [2.05, 4.69) is 35.9 Å². The third-order valence-electron chi connectivity index (χ3n) is 2.83. The summed E-state index contributed by atoms with van der Waals surface area (Å²) in [5.74, 6) is 3.30. The van der Waals surface area contributed by atoms with Crippen molar-refractivity contribution in [2.24, 2.45) is 0 Å². The average molecular weight is 206 g/mol. The summed E-state index contributed by atoms with van der Waals surface area (Å²) in [6, 6.07) is 2.14. The van der Waals surface area contributed by atoms with Gasteiger partial charge in [0.1, 0.15) is 0 Å². The Hall–Kier alpha value is -0.500. The topological polar surface area (TPSA) is 12.9 Å². The van der Waals surface area contributed by atoms with Gasteiger partial charge in [0.05, 0.1) is 6.20 Å². The zero-order valence-electron chi connectivity index (χ0n) is 8.62. The van der Waals surface area contributed by atoms with E-state index in [9.17, 15) is 0 Å². The zero-order valence-corrected chi connectivity index (χ0v) is 9.44. The Morgan fingerprint density at radius 2 is 2.57 bits per heavy atom. The molecule has 0 aromatic carbocycles. The van der Waals surface area contributed by atoms with E-state index in [-0.39, 0.29) is 0 Å². The van der Waals surface area contributed by atoms with Crippen LogP contribution in [0.2, 0.25) is 0 Å². The van der Waals surface area contributed by atoms with Gasteiger partial charge in [-0.25, -0.2) is 0 Å². The molecule has 0 amide bonds. The van der Waals surface area contributed by atoms with Crippen LogP contribution in [0.25, 0.3) is 0 Å². The van der Waals surface area contributed by atoms with E-state index in [1.165, 1.54) is 35.5 Å². The first-order valence-corrected chi connectivity index (χ1v) is 6.50. The van der Waals surface area contributed by atoms with Crippen LogP contribution in [0.4, 0.5) is 0 Å².